The lowest BCUT2D eigenvalue weighted by atomic mass is 10.1. The number of primary sulfonamides is 1. The molecule has 3 rings (SSSR count). The molecule has 3 N–H and O–H groups in total. The third kappa shape index (κ3) is 5.52. The molecule has 0 radical (unpaired) electrons. The first kappa shape index (κ1) is 20.8. The van der Waals surface area contributed by atoms with Crippen molar-refractivity contribution < 1.29 is 18.0 Å². The fraction of sp³-hybridized carbons (Fsp3) is 0.579. The zero-order chi connectivity index (χ0) is 20.1. The zero-order valence-corrected chi connectivity index (χ0v) is 16.8. The summed E-state index contributed by atoms with van der Waals surface area (Å²) in [7, 11) is -3.74. The molecule has 28 heavy (non-hydrogen) atoms. The minimum atomic E-state index is -3.74. The van der Waals surface area contributed by atoms with E-state index in [1.807, 2.05) is 4.90 Å². The number of hydrogen-bond donors (Lipinski definition) is 2. The maximum absolute atomic E-state index is 12.5. The highest BCUT2D eigenvalue weighted by molar-refractivity contribution is 7.89. The van der Waals surface area contributed by atoms with Crippen LogP contribution >= 0.6 is 0 Å². The fourth-order valence-corrected chi connectivity index (χ4v) is 4.35. The highest BCUT2D eigenvalue weighted by atomic mass is 32.2. The number of rotatable bonds is 6. The van der Waals surface area contributed by atoms with Gasteiger partial charge in [-0.25, -0.2) is 13.6 Å². The van der Waals surface area contributed by atoms with Crippen molar-refractivity contribution in [1.82, 2.24) is 9.80 Å². The highest BCUT2D eigenvalue weighted by Gasteiger charge is 2.29. The average molecular weight is 409 g/mol. The van der Waals surface area contributed by atoms with Gasteiger partial charge in [0.2, 0.25) is 21.8 Å². The molecular formula is C19H28N4O4S. The molecule has 1 saturated heterocycles. The molecule has 154 valence electrons. The first-order valence-corrected chi connectivity index (χ1v) is 11.3. The number of nitrogens with two attached hydrogens (primary N) is 1. The van der Waals surface area contributed by atoms with Crippen LogP contribution in [0, 0.1) is 5.92 Å². The molecule has 8 nitrogen and oxygen atoms in total. The number of piperazine rings is 1. The van der Waals surface area contributed by atoms with E-state index in [0.29, 0.717) is 24.6 Å². The number of hydrogen-bond acceptors (Lipinski definition) is 5. The van der Waals surface area contributed by atoms with Crippen molar-refractivity contribution in [3.63, 3.8) is 0 Å². The van der Waals surface area contributed by atoms with E-state index >= 15 is 0 Å². The van der Waals surface area contributed by atoms with E-state index in [-0.39, 0.29) is 16.7 Å². The molecule has 1 aromatic carbocycles. The second-order valence-corrected chi connectivity index (χ2v) is 9.08. The Labute approximate surface area is 166 Å². The Balaban J connectivity index is 1.39. The van der Waals surface area contributed by atoms with Crippen LogP contribution in [0.4, 0.5) is 5.69 Å². The summed E-state index contributed by atoms with van der Waals surface area (Å²) < 4.78 is 22.5. The van der Waals surface area contributed by atoms with Gasteiger partial charge in [0, 0.05) is 50.7 Å². The standard InChI is InChI=1S/C19H28N4O4S/c20-28(26,27)17-7-5-16(6-8-17)21-18(24)9-10-22-11-13-23(14-12-22)19(25)15-3-1-2-4-15/h5-8,15H,1-4,9-14H2,(H,21,24)(H2,20,26,27). The van der Waals surface area contributed by atoms with Gasteiger partial charge in [0.25, 0.3) is 0 Å². The Bertz CT molecular complexity index is 796. The lowest BCUT2D eigenvalue weighted by Crippen LogP contribution is -2.50. The summed E-state index contributed by atoms with van der Waals surface area (Å²) in [6.45, 7) is 3.66. The molecule has 1 aliphatic carbocycles. The van der Waals surface area contributed by atoms with Gasteiger partial charge >= 0.3 is 0 Å². The van der Waals surface area contributed by atoms with Crippen LogP contribution in [0.25, 0.3) is 0 Å². The van der Waals surface area contributed by atoms with Gasteiger partial charge in [-0.2, -0.15) is 0 Å². The first-order valence-electron chi connectivity index (χ1n) is 9.77. The summed E-state index contributed by atoms with van der Waals surface area (Å²) in [5, 5.41) is 7.82. The number of amides is 2. The van der Waals surface area contributed by atoms with Crippen molar-refractivity contribution in [2.24, 2.45) is 11.1 Å². The number of sulfonamides is 1. The molecule has 0 unspecified atom stereocenters. The minimum Gasteiger partial charge on any atom is -0.340 e. The van der Waals surface area contributed by atoms with Crippen molar-refractivity contribution in [2.45, 2.75) is 37.0 Å². The van der Waals surface area contributed by atoms with E-state index in [2.05, 4.69) is 10.2 Å². The second kappa shape index (κ2) is 9.02. The summed E-state index contributed by atoms with van der Waals surface area (Å²) >= 11 is 0. The maximum Gasteiger partial charge on any atom is 0.238 e. The number of anilines is 1. The Morgan fingerprint density at radius 3 is 2.21 bits per heavy atom. The fourth-order valence-electron chi connectivity index (χ4n) is 3.83. The van der Waals surface area contributed by atoms with Crippen molar-refractivity contribution in [3.05, 3.63) is 24.3 Å². The molecule has 0 atom stereocenters. The molecule has 1 aliphatic heterocycles. The molecular weight excluding hydrogens is 380 g/mol. The van der Waals surface area contributed by atoms with Crippen molar-refractivity contribution in [1.29, 1.82) is 0 Å². The predicted octanol–water partition coefficient (Wildman–Crippen LogP) is 0.997. The predicted molar refractivity (Wildman–Crippen MR) is 106 cm³/mol. The summed E-state index contributed by atoms with van der Waals surface area (Å²) in [6.07, 6.45) is 4.72. The van der Waals surface area contributed by atoms with E-state index < -0.39 is 10.0 Å². The molecule has 0 aromatic heterocycles. The number of nitrogens with one attached hydrogen (secondary N) is 1. The van der Waals surface area contributed by atoms with Crippen LogP contribution in [-0.4, -0.2) is 62.8 Å². The number of benzene rings is 1. The SMILES string of the molecule is NS(=O)(=O)c1ccc(NC(=O)CCN2CCN(C(=O)C3CCCC3)CC2)cc1. The number of carbonyl (C=O) groups is 2. The highest BCUT2D eigenvalue weighted by Crippen LogP contribution is 2.26. The third-order valence-electron chi connectivity index (χ3n) is 5.51. The largest absolute Gasteiger partial charge is 0.340 e. The van der Waals surface area contributed by atoms with Crippen LogP contribution in [0.2, 0.25) is 0 Å². The second-order valence-electron chi connectivity index (χ2n) is 7.52. The Morgan fingerprint density at radius 1 is 1.04 bits per heavy atom. The molecule has 2 amide bonds. The Morgan fingerprint density at radius 2 is 1.64 bits per heavy atom. The Kier molecular flexibility index (Phi) is 6.69. The lowest BCUT2D eigenvalue weighted by molar-refractivity contribution is -0.137. The molecule has 2 fully saturated rings. The molecule has 0 spiro atoms. The van der Waals surface area contributed by atoms with Crippen LogP contribution in [0.3, 0.4) is 0 Å². The average Bonchev–Trinajstić information content (AvgIpc) is 3.21. The minimum absolute atomic E-state index is 0.00974. The smallest absolute Gasteiger partial charge is 0.238 e. The summed E-state index contributed by atoms with van der Waals surface area (Å²) in [4.78, 5) is 28.8. The molecule has 1 aromatic rings. The molecule has 1 heterocycles. The van der Waals surface area contributed by atoms with Crippen LogP contribution in [0.15, 0.2) is 29.2 Å². The monoisotopic (exact) mass is 408 g/mol. The maximum atomic E-state index is 12.5. The quantitative estimate of drug-likeness (QED) is 0.729. The van der Waals surface area contributed by atoms with E-state index in [0.717, 1.165) is 51.9 Å². The van der Waals surface area contributed by atoms with E-state index in [1.165, 1.54) is 24.3 Å². The van der Waals surface area contributed by atoms with Gasteiger partial charge in [-0.3, -0.25) is 14.5 Å². The molecule has 9 heteroatoms. The number of nitrogens with zero attached hydrogens (tertiary/aromatic N) is 2. The van der Waals surface area contributed by atoms with Crippen molar-refractivity contribution >= 4 is 27.5 Å². The van der Waals surface area contributed by atoms with E-state index in [1.54, 1.807) is 0 Å². The number of carbonyl (C=O) groups excluding carboxylic acids is 2. The first-order chi connectivity index (χ1) is 13.3. The van der Waals surface area contributed by atoms with Crippen LogP contribution in [0.5, 0.6) is 0 Å². The van der Waals surface area contributed by atoms with Gasteiger partial charge in [-0.05, 0) is 37.1 Å². The van der Waals surface area contributed by atoms with Gasteiger partial charge in [-0.15, -0.1) is 0 Å². The molecule has 0 bridgehead atoms. The van der Waals surface area contributed by atoms with Gasteiger partial charge in [0.05, 0.1) is 4.90 Å². The Hall–Kier alpha value is -1.97. The molecule has 1 saturated carbocycles. The van der Waals surface area contributed by atoms with Crippen molar-refractivity contribution in [2.75, 3.05) is 38.0 Å². The van der Waals surface area contributed by atoms with Gasteiger partial charge < -0.3 is 10.2 Å². The topological polar surface area (TPSA) is 113 Å². The summed E-state index contributed by atoms with van der Waals surface area (Å²) in [5.74, 6) is 0.392. The molecule has 2 aliphatic rings. The van der Waals surface area contributed by atoms with Crippen LogP contribution < -0.4 is 10.5 Å². The van der Waals surface area contributed by atoms with Gasteiger partial charge in [0.1, 0.15) is 0 Å². The summed E-state index contributed by atoms with van der Waals surface area (Å²) in [5.41, 5.74) is 0.532. The van der Waals surface area contributed by atoms with Crippen molar-refractivity contribution in [3.8, 4) is 0 Å². The zero-order valence-electron chi connectivity index (χ0n) is 16.0. The van der Waals surface area contributed by atoms with Crippen LogP contribution in [-0.2, 0) is 19.6 Å². The lowest BCUT2D eigenvalue weighted by Gasteiger charge is -2.35. The van der Waals surface area contributed by atoms with E-state index in [4.69, 9.17) is 5.14 Å². The summed E-state index contributed by atoms with van der Waals surface area (Å²) in [6, 6.07) is 5.77. The van der Waals surface area contributed by atoms with Gasteiger partial charge in [-0.1, -0.05) is 12.8 Å². The van der Waals surface area contributed by atoms with Gasteiger partial charge in [0.15, 0.2) is 0 Å². The normalized spacial score (nSPS) is 19.0. The van der Waals surface area contributed by atoms with Crippen LogP contribution in [0.1, 0.15) is 32.1 Å². The van der Waals surface area contributed by atoms with E-state index in [9.17, 15) is 18.0 Å². The third-order valence-corrected chi connectivity index (χ3v) is 6.44.